The molecule has 0 saturated carbocycles. The number of halogens is 1. The Morgan fingerprint density at radius 2 is 1.64 bits per heavy atom. The van der Waals surface area contributed by atoms with E-state index in [9.17, 15) is 9.18 Å². The van der Waals surface area contributed by atoms with Gasteiger partial charge in [0.25, 0.3) is 5.91 Å². The fourth-order valence-electron chi connectivity index (χ4n) is 4.54. The maximum atomic E-state index is 13.1. The van der Waals surface area contributed by atoms with Gasteiger partial charge in [0.2, 0.25) is 0 Å². The molecule has 0 aliphatic rings. The second-order valence-electron chi connectivity index (χ2n) is 9.17. The van der Waals surface area contributed by atoms with Crippen LogP contribution in [-0.2, 0) is 6.61 Å². The van der Waals surface area contributed by atoms with E-state index in [1.165, 1.54) is 12.1 Å². The molecule has 1 aromatic heterocycles. The van der Waals surface area contributed by atoms with Gasteiger partial charge in [-0.1, -0.05) is 36.4 Å². The minimum atomic E-state index is -0.348. The summed E-state index contributed by atoms with van der Waals surface area (Å²) in [5.41, 5.74) is 7.80. The zero-order valence-corrected chi connectivity index (χ0v) is 21.9. The Kier molecular flexibility index (Phi) is 7.41. The van der Waals surface area contributed by atoms with Crippen molar-refractivity contribution in [3.8, 4) is 17.2 Å². The molecule has 0 spiro atoms. The number of amides is 1. The quantitative estimate of drug-likeness (QED) is 0.182. The fourth-order valence-corrected chi connectivity index (χ4v) is 4.54. The Bertz CT molecular complexity index is 1660. The monoisotopic (exact) mass is 521 g/mol. The van der Waals surface area contributed by atoms with Gasteiger partial charge in [-0.25, -0.2) is 9.82 Å². The lowest BCUT2D eigenvalue weighted by molar-refractivity contribution is 0.0952. The molecule has 0 bridgehead atoms. The van der Waals surface area contributed by atoms with Crippen molar-refractivity contribution in [1.29, 1.82) is 0 Å². The van der Waals surface area contributed by atoms with Crippen molar-refractivity contribution in [2.75, 3.05) is 7.11 Å². The van der Waals surface area contributed by atoms with Crippen molar-refractivity contribution < 1.29 is 18.7 Å². The molecule has 1 amide bonds. The van der Waals surface area contributed by atoms with Crippen LogP contribution in [0, 0.1) is 19.7 Å². The van der Waals surface area contributed by atoms with Gasteiger partial charge in [0, 0.05) is 22.6 Å². The number of benzene rings is 4. The predicted octanol–water partition coefficient (Wildman–Crippen LogP) is 6.74. The smallest absolute Gasteiger partial charge is 0.275 e. The van der Waals surface area contributed by atoms with Gasteiger partial charge in [-0.15, -0.1) is 0 Å². The number of aromatic nitrogens is 1. The van der Waals surface area contributed by atoms with E-state index in [1.54, 1.807) is 31.5 Å². The Hall–Kier alpha value is -4.91. The number of nitrogens with zero attached hydrogens (tertiary/aromatic N) is 2. The Morgan fingerprint density at radius 3 is 2.33 bits per heavy atom. The summed E-state index contributed by atoms with van der Waals surface area (Å²) in [5, 5.41) is 6.16. The van der Waals surface area contributed by atoms with Crippen LogP contribution in [0.5, 0.6) is 11.5 Å². The zero-order valence-electron chi connectivity index (χ0n) is 21.9. The van der Waals surface area contributed by atoms with Gasteiger partial charge >= 0.3 is 0 Å². The maximum absolute atomic E-state index is 13.1. The molecular weight excluding hydrogens is 493 g/mol. The van der Waals surface area contributed by atoms with Gasteiger partial charge in [0.05, 0.1) is 18.9 Å². The van der Waals surface area contributed by atoms with Gasteiger partial charge in [-0.05, 0) is 84.8 Å². The Morgan fingerprint density at radius 1 is 0.949 bits per heavy atom. The number of hydrazone groups is 1. The lowest BCUT2D eigenvalue weighted by atomic mass is 10.1. The summed E-state index contributed by atoms with van der Waals surface area (Å²) in [5.74, 6) is 0.597. The number of carbonyl (C=O) groups excluding carboxylic acids is 1. The number of hydrogen-bond acceptors (Lipinski definition) is 4. The highest BCUT2D eigenvalue weighted by molar-refractivity contribution is 6.02. The summed E-state index contributed by atoms with van der Waals surface area (Å²) in [7, 11) is 1.54. The summed E-state index contributed by atoms with van der Waals surface area (Å²) in [6.45, 7) is 4.38. The van der Waals surface area contributed by atoms with Gasteiger partial charge in [0.15, 0.2) is 0 Å². The molecule has 5 rings (SSSR count). The average molecular weight is 522 g/mol. The number of fused-ring (bicyclic) bond motifs is 1. The molecule has 0 saturated heterocycles. The first-order chi connectivity index (χ1) is 18.9. The minimum Gasteiger partial charge on any atom is -0.496 e. The van der Waals surface area contributed by atoms with E-state index in [0.29, 0.717) is 17.9 Å². The van der Waals surface area contributed by atoms with Gasteiger partial charge in [-0.3, -0.25) is 4.79 Å². The van der Waals surface area contributed by atoms with E-state index in [0.717, 1.165) is 44.7 Å². The maximum Gasteiger partial charge on any atom is 0.275 e. The van der Waals surface area contributed by atoms with E-state index >= 15 is 0 Å². The average Bonchev–Trinajstić information content (AvgIpc) is 3.24. The Balaban J connectivity index is 1.27. The Labute approximate surface area is 226 Å². The van der Waals surface area contributed by atoms with Crippen LogP contribution in [0.15, 0.2) is 96.1 Å². The summed E-state index contributed by atoms with van der Waals surface area (Å²) in [6.07, 6.45) is 1.64. The van der Waals surface area contributed by atoms with E-state index < -0.39 is 0 Å². The van der Waals surface area contributed by atoms with E-state index in [2.05, 4.69) is 15.1 Å². The van der Waals surface area contributed by atoms with Gasteiger partial charge < -0.3 is 14.0 Å². The van der Waals surface area contributed by atoms with Crippen molar-refractivity contribution in [2.24, 2.45) is 5.10 Å². The molecule has 0 atom stereocenters. The van der Waals surface area contributed by atoms with Gasteiger partial charge in [-0.2, -0.15) is 5.10 Å². The molecule has 4 aromatic carbocycles. The fraction of sp³-hybridized carbons (Fsp3) is 0.125. The standard InChI is InChI=1S/C32H28FN3O3/c1-21-16-26(19-34-35-32(37)30-17-24-6-4-5-7-25(24)18-31(30)38-3)22(2)36(21)28-12-14-29(15-13-28)39-20-23-8-10-27(33)11-9-23/h4-19H,20H2,1-3H3,(H,35,37)/b34-19-. The third-order valence-corrected chi connectivity index (χ3v) is 6.57. The number of methoxy groups -OCH3 is 1. The van der Waals surface area contributed by atoms with E-state index in [-0.39, 0.29) is 11.7 Å². The number of rotatable bonds is 8. The van der Waals surface area contributed by atoms with Crippen LogP contribution in [0.4, 0.5) is 4.39 Å². The van der Waals surface area contributed by atoms with Crippen molar-refractivity contribution >= 4 is 22.9 Å². The highest BCUT2D eigenvalue weighted by Gasteiger charge is 2.14. The molecule has 0 fully saturated rings. The first-order valence-electron chi connectivity index (χ1n) is 12.5. The molecule has 7 heteroatoms. The third kappa shape index (κ3) is 5.67. The molecule has 0 radical (unpaired) electrons. The molecule has 0 aliphatic heterocycles. The van der Waals surface area contributed by atoms with Crippen molar-refractivity contribution in [3.63, 3.8) is 0 Å². The van der Waals surface area contributed by atoms with Gasteiger partial charge in [0.1, 0.15) is 23.9 Å². The molecule has 0 aliphatic carbocycles. The largest absolute Gasteiger partial charge is 0.496 e. The number of ether oxygens (including phenoxy) is 2. The molecule has 1 heterocycles. The summed E-state index contributed by atoms with van der Waals surface area (Å²) in [6, 6.07) is 27.5. The number of aryl methyl sites for hydroxylation is 1. The van der Waals surface area contributed by atoms with Crippen LogP contribution < -0.4 is 14.9 Å². The molecule has 196 valence electrons. The van der Waals surface area contributed by atoms with Crippen molar-refractivity contribution in [1.82, 2.24) is 9.99 Å². The van der Waals surface area contributed by atoms with Crippen LogP contribution in [0.3, 0.4) is 0 Å². The molecule has 5 aromatic rings. The van der Waals surface area contributed by atoms with Crippen LogP contribution in [0.1, 0.15) is 32.9 Å². The summed E-state index contributed by atoms with van der Waals surface area (Å²) in [4.78, 5) is 12.9. The summed E-state index contributed by atoms with van der Waals surface area (Å²) >= 11 is 0. The first kappa shape index (κ1) is 25.7. The molecule has 1 N–H and O–H groups in total. The number of nitrogens with one attached hydrogen (secondary N) is 1. The molecule has 39 heavy (non-hydrogen) atoms. The second kappa shape index (κ2) is 11.2. The predicted molar refractivity (Wildman–Crippen MR) is 152 cm³/mol. The topological polar surface area (TPSA) is 64.8 Å². The van der Waals surface area contributed by atoms with E-state index in [1.807, 2.05) is 74.5 Å². The minimum absolute atomic E-state index is 0.266. The highest BCUT2D eigenvalue weighted by Crippen LogP contribution is 2.26. The molecule has 6 nitrogen and oxygen atoms in total. The lowest BCUT2D eigenvalue weighted by Gasteiger charge is -2.11. The summed E-state index contributed by atoms with van der Waals surface area (Å²) < 4.78 is 26.5. The normalized spacial score (nSPS) is 11.2. The SMILES string of the molecule is COc1cc2ccccc2cc1C(=O)N/N=C\c1cc(C)n(-c2ccc(OCc3ccc(F)cc3)cc2)c1C. The third-order valence-electron chi connectivity index (χ3n) is 6.57. The van der Waals surface area contributed by atoms with Crippen LogP contribution in [-0.4, -0.2) is 23.8 Å². The molecular formula is C32H28FN3O3. The van der Waals surface area contributed by atoms with Crippen LogP contribution in [0.2, 0.25) is 0 Å². The first-order valence-corrected chi connectivity index (χ1v) is 12.5. The lowest BCUT2D eigenvalue weighted by Crippen LogP contribution is -2.18. The number of hydrogen-bond donors (Lipinski definition) is 1. The zero-order chi connectivity index (χ0) is 27.4. The van der Waals surface area contributed by atoms with E-state index in [4.69, 9.17) is 9.47 Å². The number of carbonyl (C=O) groups is 1. The van der Waals surface area contributed by atoms with Crippen LogP contribution >= 0.6 is 0 Å². The second-order valence-corrected chi connectivity index (χ2v) is 9.17. The van der Waals surface area contributed by atoms with Crippen molar-refractivity contribution in [2.45, 2.75) is 20.5 Å². The van der Waals surface area contributed by atoms with Crippen molar-refractivity contribution in [3.05, 3.63) is 125 Å². The highest BCUT2D eigenvalue weighted by atomic mass is 19.1. The van der Waals surface area contributed by atoms with Crippen LogP contribution in [0.25, 0.3) is 16.5 Å². The molecule has 0 unspecified atom stereocenters.